The molecule has 0 spiro atoms. The maximum absolute atomic E-state index is 4.45. The molecule has 0 bridgehead atoms. The lowest BCUT2D eigenvalue weighted by molar-refractivity contribution is 0.541. The van der Waals surface area contributed by atoms with E-state index in [1.54, 1.807) is 0 Å². The fourth-order valence-electron chi connectivity index (χ4n) is 2.28. The second-order valence-electron chi connectivity index (χ2n) is 4.96. The van der Waals surface area contributed by atoms with Gasteiger partial charge in [-0.1, -0.05) is 53.2 Å². The van der Waals surface area contributed by atoms with E-state index in [-0.39, 0.29) is 0 Å². The van der Waals surface area contributed by atoms with Crippen LogP contribution in [-0.4, -0.2) is 9.78 Å². The molecular formula is C15H18Br2N2. The zero-order valence-electron chi connectivity index (χ0n) is 11.4. The van der Waals surface area contributed by atoms with Crippen LogP contribution in [0.3, 0.4) is 0 Å². The van der Waals surface area contributed by atoms with E-state index in [4.69, 9.17) is 0 Å². The predicted octanol–water partition coefficient (Wildman–Crippen LogP) is 4.81. The molecule has 1 aromatic heterocycles. The maximum atomic E-state index is 4.45. The lowest BCUT2D eigenvalue weighted by Crippen LogP contribution is -2.10. The van der Waals surface area contributed by atoms with Crippen molar-refractivity contribution in [1.29, 1.82) is 0 Å². The Bertz CT molecular complexity index is 549. The second kappa shape index (κ2) is 6.23. The molecule has 2 aromatic rings. The highest BCUT2D eigenvalue weighted by Crippen LogP contribution is 2.34. The van der Waals surface area contributed by atoms with Crippen LogP contribution in [0.4, 0.5) is 0 Å². The quantitative estimate of drug-likeness (QED) is 0.690. The molecule has 0 radical (unpaired) electrons. The monoisotopic (exact) mass is 384 g/mol. The van der Waals surface area contributed by atoms with E-state index in [1.807, 2.05) is 18.7 Å². The van der Waals surface area contributed by atoms with Crippen molar-refractivity contribution in [3.8, 4) is 0 Å². The van der Waals surface area contributed by atoms with Crippen LogP contribution >= 0.6 is 31.9 Å². The summed E-state index contributed by atoms with van der Waals surface area (Å²) in [7, 11) is 2.01. The molecule has 2 atom stereocenters. The minimum Gasteiger partial charge on any atom is -0.271 e. The van der Waals surface area contributed by atoms with Gasteiger partial charge in [0.2, 0.25) is 0 Å². The molecule has 19 heavy (non-hydrogen) atoms. The highest BCUT2D eigenvalue weighted by molar-refractivity contribution is 9.10. The van der Waals surface area contributed by atoms with Gasteiger partial charge in [0.1, 0.15) is 0 Å². The first-order valence-electron chi connectivity index (χ1n) is 6.37. The van der Waals surface area contributed by atoms with E-state index in [0.29, 0.717) is 10.7 Å². The summed E-state index contributed by atoms with van der Waals surface area (Å²) in [5.41, 5.74) is 3.63. The average molecular weight is 386 g/mol. The van der Waals surface area contributed by atoms with Crippen molar-refractivity contribution in [2.24, 2.45) is 13.0 Å². The number of hydrogen-bond donors (Lipinski definition) is 0. The molecule has 1 aromatic carbocycles. The standard InChI is InChI=1S/C15H18Br2N2/c1-10(14(16)12-7-5-4-6-8-12)9-13-15(17)11(2)18-19(13)3/h4-8,10,14H,9H2,1-3H3. The first-order chi connectivity index (χ1) is 9.00. The molecule has 1 heterocycles. The Morgan fingerprint density at radius 1 is 1.26 bits per heavy atom. The summed E-state index contributed by atoms with van der Waals surface area (Å²) in [6.45, 7) is 4.29. The van der Waals surface area contributed by atoms with Gasteiger partial charge in [-0.3, -0.25) is 4.68 Å². The van der Waals surface area contributed by atoms with Gasteiger partial charge in [0.15, 0.2) is 0 Å². The van der Waals surface area contributed by atoms with E-state index < -0.39 is 0 Å². The van der Waals surface area contributed by atoms with Crippen molar-refractivity contribution >= 4 is 31.9 Å². The van der Waals surface area contributed by atoms with Gasteiger partial charge >= 0.3 is 0 Å². The fraction of sp³-hybridized carbons (Fsp3) is 0.400. The van der Waals surface area contributed by atoms with Gasteiger partial charge in [-0.05, 0) is 40.8 Å². The lowest BCUT2D eigenvalue weighted by Gasteiger charge is -2.19. The first-order valence-corrected chi connectivity index (χ1v) is 8.08. The van der Waals surface area contributed by atoms with Crippen LogP contribution in [0.25, 0.3) is 0 Å². The number of nitrogens with zero attached hydrogens (tertiary/aromatic N) is 2. The minimum atomic E-state index is 0.357. The van der Waals surface area contributed by atoms with Crippen molar-refractivity contribution < 1.29 is 0 Å². The van der Waals surface area contributed by atoms with E-state index in [1.165, 1.54) is 11.3 Å². The zero-order valence-corrected chi connectivity index (χ0v) is 14.6. The second-order valence-corrected chi connectivity index (χ2v) is 6.74. The molecule has 0 fully saturated rings. The van der Waals surface area contributed by atoms with Crippen LogP contribution in [0.5, 0.6) is 0 Å². The molecule has 2 rings (SSSR count). The Hall–Kier alpha value is -0.610. The summed E-state index contributed by atoms with van der Waals surface area (Å²) < 4.78 is 3.11. The number of rotatable bonds is 4. The molecule has 4 heteroatoms. The summed E-state index contributed by atoms with van der Waals surface area (Å²) >= 11 is 7.46. The van der Waals surface area contributed by atoms with Crippen LogP contribution in [-0.2, 0) is 13.5 Å². The Morgan fingerprint density at radius 3 is 2.42 bits per heavy atom. The third kappa shape index (κ3) is 3.29. The number of hydrogen-bond acceptors (Lipinski definition) is 1. The molecular weight excluding hydrogens is 368 g/mol. The minimum absolute atomic E-state index is 0.357. The number of halogens is 2. The summed E-state index contributed by atoms with van der Waals surface area (Å²) in [6.07, 6.45) is 0.989. The molecule has 0 saturated carbocycles. The Labute approximate surface area is 131 Å². The predicted molar refractivity (Wildman–Crippen MR) is 86.6 cm³/mol. The summed E-state index contributed by atoms with van der Waals surface area (Å²) in [4.78, 5) is 0.357. The fourth-order valence-corrected chi connectivity index (χ4v) is 3.27. The normalized spacial score (nSPS) is 14.4. The third-order valence-corrected chi connectivity index (χ3v) is 5.86. The van der Waals surface area contributed by atoms with E-state index >= 15 is 0 Å². The highest BCUT2D eigenvalue weighted by atomic mass is 79.9. The largest absolute Gasteiger partial charge is 0.271 e. The van der Waals surface area contributed by atoms with Gasteiger partial charge in [-0.2, -0.15) is 5.10 Å². The van der Waals surface area contributed by atoms with E-state index in [2.05, 4.69) is 74.2 Å². The van der Waals surface area contributed by atoms with Crippen molar-refractivity contribution in [3.05, 3.63) is 51.8 Å². The topological polar surface area (TPSA) is 17.8 Å². The Balaban J connectivity index is 2.15. The van der Waals surface area contributed by atoms with Crippen molar-refractivity contribution in [2.75, 3.05) is 0 Å². The summed E-state index contributed by atoms with van der Waals surface area (Å²) in [5.74, 6) is 0.494. The lowest BCUT2D eigenvalue weighted by atomic mass is 9.96. The van der Waals surface area contributed by atoms with E-state index in [9.17, 15) is 0 Å². The molecule has 0 N–H and O–H groups in total. The molecule has 0 amide bonds. The smallest absolute Gasteiger partial charge is 0.0738 e. The van der Waals surface area contributed by atoms with Crippen LogP contribution in [0, 0.1) is 12.8 Å². The SMILES string of the molecule is Cc1nn(C)c(CC(C)C(Br)c2ccccc2)c1Br. The average Bonchev–Trinajstić information content (AvgIpc) is 2.65. The molecule has 0 aliphatic rings. The number of aryl methyl sites for hydroxylation is 2. The zero-order chi connectivity index (χ0) is 14.0. The first kappa shape index (κ1) is 14.8. The van der Waals surface area contributed by atoms with Gasteiger partial charge in [0, 0.05) is 11.9 Å². The van der Waals surface area contributed by atoms with Crippen LogP contribution in [0.15, 0.2) is 34.8 Å². The number of aromatic nitrogens is 2. The van der Waals surface area contributed by atoms with Crippen molar-refractivity contribution in [1.82, 2.24) is 9.78 Å². The summed E-state index contributed by atoms with van der Waals surface area (Å²) in [5, 5.41) is 4.45. The van der Waals surface area contributed by atoms with Gasteiger partial charge in [-0.25, -0.2) is 0 Å². The van der Waals surface area contributed by atoms with Gasteiger partial charge < -0.3 is 0 Å². The maximum Gasteiger partial charge on any atom is 0.0738 e. The summed E-state index contributed by atoms with van der Waals surface area (Å²) in [6, 6.07) is 10.6. The van der Waals surface area contributed by atoms with Crippen LogP contribution < -0.4 is 0 Å². The van der Waals surface area contributed by atoms with Crippen LogP contribution in [0.1, 0.15) is 28.7 Å². The Morgan fingerprint density at radius 2 is 1.89 bits per heavy atom. The molecule has 2 unspecified atom stereocenters. The van der Waals surface area contributed by atoms with Gasteiger partial charge in [-0.15, -0.1) is 0 Å². The molecule has 0 aliphatic carbocycles. The van der Waals surface area contributed by atoms with Crippen molar-refractivity contribution in [3.63, 3.8) is 0 Å². The number of alkyl halides is 1. The number of benzene rings is 1. The highest BCUT2D eigenvalue weighted by Gasteiger charge is 2.20. The molecule has 0 aliphatic heterocycles. The van der Waals surface area contributed by atoms with Crippen molar-refractivity contribution in [2.45, 2.75) is 25.1 Å². The Kier molecular flexibility index (Phi) is 4.85. The van der Waals surface area contributed by atoms with E-state index in [0.717, 1.165) is 16.6 Å². The molecule has 102 valence electrons. The van der Waals surface area contributed by atoms with Gasteiger partial charge in [0.05, 0.1) is 15.9 Å². The molecule has 0 saturated heterocycles. The molecule has 2 nitrogen and oxygen atoms in total. The van der Waals surface area contributed by atoms with Gasteiger partial charge in [0.25, 0.3) is 0 Å². The third-order valence-electron chi connectivity index (χ3n) is 3.39. The van der Waals surface area contributed by atoms with Crippen LogP contribution in [0.2, 0.25) is 0 Å².